The Balaban J connectivity index is 0.00000334. The maximum atomic E-state index is 14.8. The molecule has 2 rings (SSSR count). The smallest absolute Gasteiger partial charge is 0.200 e. The van der Waals surface area contributed by atoms with E-state index in [0.29, 0.717) is 25.0 Å². The second-order valence-electron chi connectivity index (χ2n) is 9.38. The Hall–Kier alpha value is -2.54. The van der Waals surface area contributed by atoms with Crippen LogP contribution in [0, 0.1) is 23.5 Å². The summed E-state index contributed by atoms with van der Waals surface area (Å²) in [7, 11) is 1.21. The van der Waals surface area contributed by atoms with Gasteiger partial charge >= 0.3 is 0 Å². The predicted molar refractivity (Wildman–Crippen MR) is 142 cm³/mol. The average molecular weight is 527 g/mol. The van der Waals surface area contributed by atoms with Crippen LogP contribution >= 0.6 is 0 Å². The first kappa shape index (κ1) is 32.5. The maximum absolute atomic E-state index is 14.8. The van der Waals surface area contributed by atoms with Crippen molar-refractivity contribution in [1.29, 1.82) is 0 Å². The second-order valence-corrected chi connectivity index (χ2v) is 9.38. The van der Waals surface area contributed by atoms with Gasteiger partial charge in [0.25, 0.3) is 0 Å². The number of halogens is 4. The van der Waals surface area contributed by atoms with Crippen molar-refractivity contribution in [2.24, 2.45) is 11.8 Å². The molecule has 0 bridgehead atoms. The number of allylic oxidation sites excluding steroid dienone is 3. The van der Waals surface area contributed by atoms with E-state index in [-0.39, 0.29) is 41.8 Å². The Morgan fingerprint density at radius 3 is 2.16 bits per heavy atom. The van der Waals surface area contributed by atoms with Crippen LogP contribution in [-0.2, 0) is 9.47 Å². The maximum Gasteiger partial charge on any atom is 0.200 e. The molecule has 0 aromatic heterocycles. The lowest BCUT2D eigenvalue weighted by molar-refractivity contribution is 0.0325. The fourth-order valence-corrected chi connectivity index (χ4v) is 4.34. The summed E-state index contributed by atoms with van der Waals surface area (Å²) >= 11 is 0. The molecule has 0 saturated heterocycles. The molecule has 3 nitrogen and oxygen atoms in total. The Morgan fingerprint density at radius 1 is 0.973 bits per heavy atom. The zero-order chi connectivity index (χ0) is 28.1. The standard InChI is InChI=1S/C28H38F4O3.C2H4/c1-7-34-22-12-10-21(11-13-22)23-14-15-24(28(32)27(23)31)35-16-17(2)8-9-18(3)19(4)25(29)26(30)20(5)33-6;1-2/h14-15,17-18,21-22H,4-5,7-13,16H2,1-3,6H3;1-2H2/b26-25-;. The van der Waals surface area contributed by atoms with Gasteiger partial charge in [-0.2, -0.15) is 8.78 Å². The zero-order valence-corrected chi connectivity index (χ0v) is 22.7. The van der Waals surface area contributed by atoms with E-state index < -0.39 is 29.0 Å². The lowest BCUT2D eigenvalue weighted by Crippen LogP contribution is -2.21. The first-order valence-electron chi connectivity index (χ1n) is 12.8. The highest BCUT2D eigenvalue weighted by Gasteiger charge is 2.27. The third kappa shape index (κ3) is 9.37. The lowest BCUT2D eigenvalue weighted by Gasteiger charge is -2.29. The van der Waals surface area contributed by atoms with Crippen LogP contribution in [0.5, 0.6) is 5.75 Å². The molecule has 2 atom stereocenters. The van der Waals surface area contributed by atoms with Gasteiger partial charge in [0.15, 0.2) is 23.2 Å². The molecular weight excluding hydrogens is 484 g/mol. The highest BCUT2D eigenvalue weighted by atomic mass is 19.2. The van der Waals surface area contributed by atoms with E-state index in [2.05, 4.69) is 31.1 Å². The van der Waals surface area contributed by atoms with Crippen LogP contribution in [0.3, 0.4) is 0 Å². The third-order valence-electron chi connectivity index (χ3n) is 6.77. The predicted octanol–water partition coefficient (Wildman–Crippen LogP) is 9.13. The van der Waals surface area contributed by atoms with E-state index in [1.165, 1.54) is 13.2 Å². The Kier molecular flexibility index (Phi) is 14.3. The van der Waals surface area contributed by atoms with Crippen molar-refractivity contribution in [1.82, 2.24) is 0 Å². The molecule has 7 heteroatoms. The third-order valence-corrected chi connectivity index (χ3v) is 6.77. The van der Waals surface area contributed by atoms with Crippen LogP contribution in [0.15, 0.2) is 61.4 Å². The fraction of sp³-hybridized carbons (Fsp3) is 0.533. The average Bonchev–Trinajstić information content (AvgIpc) is 2.92. The summed E-state index contributed by atoms with van der Waals surface area (Å²) in [4.78, 5) is 0. The number of rotatable bonds is 13. The van der Waals surface area contributed by atoms with Crippen molar-refractivity contribution in [2.75, 3.05) is 20.3 Å². The van der Waals surface area contributed by atoms with E-state index in [1.54, 1.807) is 13.0 Å². The molecular formula is C30H42F4O3. The van der Waals surface area contributed by atoms with Crippen molar-refractivity contribution in [3.63, 3.8) is 0 Å². The molecule has 1 saturated carbocycles. The van der Waals surface area contributed by atoms with Crippen molar-refractivity contribution >= 4 is 0 Å². The van der Waals surface area contributed by atoms with E-state index >= 15 is 0 Å². The first-order chi connectivity index (χ1) is 17.6. The molecule has 0 amide bonds. The summed E-state index contributed by atoms with van der Waals surface area (Å²) in [6.07, 6.45) is 4.53. The molecule has 0 spiro atoms. The van der Waals surface area contributed by atoms with Gasteiger partial charge in [-0.15, -0.1) is 13.2 Å². The van der Waals surface area contributed by atoms with E-state index in [0.717, 1.165) is 25.7 Å². The van der Waals surface area contributed by atoms with Gasteiger partial charge in [0, 0.05) is 6.61 Å². The van der Waals surface area contributed by atoms with E-state index in [1.807, 2.05) is 13.8 Å². The number of methoxy groups -OCH3 is 1. The first-order valence-corrected chi connectivity index (χ1v) is 12.8. The number of hydrogen-bond donors (Lipinski definition) is 0. The summed E-state index contributed by atoms with van der Waals surface area (Å²) in [5.74, 6) is -4.94. The van der Waals surface area contributed by atoms with Gasteiger partial charge in [-0.1, -0.05) is 33.1 Å². The minimum Gasteiger partial charge on any atom is -0.494 e. The molecule has 1 aromatic rings. The Labute approximate surface area is 219 Å². The van der Waals surface area contributed by atoms with Gasteiger partial charge in [-0.25, -0.2) is 8.78 Å². The van der Waals surface area contributed by atoms with Crippen LogP contribution in [0.2, 0.25) is 0 Å². The normalized spacial score (nSPS) is 19.6. The van der Waals surface area contributed by atoms with E-state index in [4.69, 9.17) is 9.47 Å². The van der Waals surface area contributed by atoms with Crippen molar-refractivity contribution in [3.05, 3.63) is 78.6 Å². The van der Waals surface area contributed by atoms with Crippen molar-refractivity contribution < 1.29 is 31.8 Å². The number of hydrogen-bond acceptors (Lipinski definition) is 3. The van der Waals surface area contributed by atoms with Crippen LogP contribution < -0.4 is 4.74 Å². The molecule has 1 aliphatic rings. The van der Waals surface area contributed by atoms with Gasteiger partial charge in [-0.05, 0) is 80.4 Å². The number of ether oxygens (including phenoxy) is 3. The summed E-state index contributed by atoms with van der Waals surface area (Å²) < 4.78 is 73.5. The molecule has 0 heterocycles. The summed E-state index contributed by atoms with van der Waals surface area (Å²) in [5, 5.41) is 0. The summed E-state index contributed by atoms with van der Waals surface area (Å²) in [6.45, 7) is 19.4. The summed E-state index contributed by atoms with van der Waals surface area (Å²) in [6, 6.07) is 3.11. The largest absolute Gasteiger partial charge is 0.494 e. The zero-order valence-electron chi connectivity index (χ0n) is 22.7. The molecule has 2 unspecified atom stereocenters. The number of benzene rings is 1. The molecule has 0 radical (unpaired) electrons. The van der Waals surface area contributed by atoms with Crippen LogP contribution in [0.25, 0.3) is 0 Å². The monoisotopic (exact) mass is 526 g/mol. The van der Waals surface area contributed by atoms with Crippen LogP contribution in [0.1, 0.15) is 70.8 Å². The van der Waals surface area contributed by atoms with E-state index in [9.17, 15) is 17.6 Å². The quantitative estimate of drug-likeness (QED) is 0.111. The van der Waals surface area contributed by atoms with Crippen LogP contribution in [0.4, 0.5) is 17.6 Å². The van der Waals surface area contributed by atoms with Gasteiger partial charge in [0.05, 0.1) is 19.8 Å². The Bertz CT molecular complexity index is 920. The molecule has 208 valence electrons. The molecule has 1 aromatic carbocycles. The van der Waals surface area contributed by atoms with Crippen molar-refractivity contribution in [2.45, 2.75) is 71.3 Å². The summed E-state index contributed by atoms with van der Waals surface area (Å²) in [5.41, 5.74) is 0.413. The second kappa shape index (κ2) is 16.3. The highest BCUT2D eigenvalue weighted by molar-refractivity contribution is 5.34. The van der Waals surface area contributed by atoms with Gasteiger partial charge < -0.3 is 14.2 Å². The highest BCUT2D eigenvalue weighted by Crippen LogP contribution is 2.37. The topological polar surface area (TPSA) is 27.7 Å². The molecule has 37 heavy (non-hydrogen) atoms. The van der Waals surface area contributed by atoms with Crippen molar-refractivity contribution in [3.8, 4) is 5.75 Å². The minimum atomic E-state index is -1.16. The molecule has 0 aliphatic heterocycles. The fourth-order valence-electron chi connectivity index (χ4n) is 4.34. The van der Waals surface area contributed by atoms with Gasteiger partial charge in [-0.3, -0.25) is 0 Å². The molecule has 0 N–H and O–H groups in total. The lowest BCUT2D eigenvalue weighted by atomic mass is 9.82. The van der Waals surface area contributed by atoms with Gasteiger partial charge in [0.1, 0.15) is 5.76 Å². The molecule has 1 fully saturated rings. The van der Waals surface area contributed by atoms with Gasteiger partial charge in [0.2, 0.25) is 5.82 Å². The van der Waals surface area contributed by atoms with Crippen LogP contribution in [-0.4, -0.2) is 26.4 Å². The SMILES string of the molecule is C=C.C=C(OC)/C(F)=C(/F)C(=C)C(C)CCC(C)COc1ccc(C2CCC(OCC)CC2)c(F)c1F. The molecule has 1 aliphatic carbocycles. The minimum absolute atomic E-state index is 0.0211. The Morgan fingerprint density at radius 2 is 1.59 bits per heavy atom.